The van der Waals surface area contributed by atoms with Crippen molar-refractivity contribution >= 4 is 27.7 Å². The van der Waals surface area contributed by atoms with E-state index in [9.17, 15) is 9.18 Å². The molecule has 0 saturated heterocycles. The Labute approximate surface area is 126 Å². The smallest absolute Gasteiger partial charge is 0.408 e. The minimum absolute atomic E-state index is 0.256. The van der Waals surface area contributed by atoms with E-state index >= 15 is 0 Å². The lowest BCUT2D eigenvalue weighted by atomic mass is 9.98. The maximum Gasteiger partial charge on any atom is 0.408 e. The van der Waals surface area contributed by atoms with Crippen LogP contribution in [0.5, 0.6) is 0 Å². The van der Waals surface area contributed by atoms with Gasteiger partial charge in [0.1, 0.15) is 11.4 Å². The van der Waals surface area contributed by atoms with Crippen LogP contribution in [-0.2, 0) is 4.74 Å². The standard InChI is InChI=1S/C14H18BrFN2O2/c1-14(2,3)20-13(19)18-11-4-5-17-12-9(11)6-8(16)7-10(12)15/h6-7,11,17H,4-5H2,1-3H3,(H,18,19). The van der Waals surface area contributed by atoms with E-state index in [4.69, 9.17) is 4.74 Å². The average Bonchev–Trinajstić information content (AvgIpc) is 2.27. The molecule has 0 saturated carbocycles. The molecule has 0 aliphatic carbocycles. The van der Waals surface area contributed by atoms with Gasteiger partial charge in [-0.05, 0) is 55.3 Å². The molecule has 20 heavy (non-hydrogen) atoms. The summed E-state index contributed by atoms with van der Waals surface area (Å²) in [5.74, 6) is -0.338. The molecule has 2 rings (SSSR count). The number of halogens is 2. The molecule has 6 heteroatoms. The summed E-state index contributed by atoms with van der Waals surface area (Å²) in [5.41, 5.74) is 0.996. The summed E-state index contributed by atoms with van der Waals surface area (Å²) in [7, 11) is 0. The van der Waals surface area contributed by atoms with Gasteiger partial charge in [0, 0.05) is 16.6 Å². The molecule has 0 aromatic heterocycles. The average molecular weight is 345 g/mol. The number of fused-ring (bicyclic) bond motifs is 1. The number of nitrogens with one attached hydrogen (secondary N) is 2. The van der Waals surface area contributed by atoms with Crippen molar-refractivity contribution in [3.05, 3.63) is 28.0 Å². The van der Waals surface area contributed by atoms with Crippen LogP contribution in [-0.4, -0.2) is 18.2 Å². The summed E-state index contributed by atoms with van der Waals surface area (Å²) in [6.07, 6.45) is 0.193. The third-order valence-corrected chi connectivity index (χ3v) is 3.51. The predicted molar refractivity (Wildman–Crippen MR) is 79.3 cm³/mol. The van der Waals surface area contributed by atoms with Gasteiger partial charge < -0.3 is 15.4 Å². The topological polar surface area (TPSA) is 50.4 Å². The fourth-order valence-corrected chi connectivity index (χ4v) is 2.74. The first-order valence-corrected chi connectivity index (χ1v) is 7.28. The first-order valence-electron chi connectivity index (χ1n) is 6.48. The second-order valence-electron chi connectivity index (χ2n) is 5.77. The number of hydrogen-bond donors (Lipinski definition) is 2. The van der Waals surface area contributed by atoms with Gasteiger partial charge in [0.2, 0.25) is 0 Å². The van der Waals surface area contributed by atoms with Gasteiger partial charge in [-0.2, -0.15) is 0 Å². The van der Waals surface area contributed by atoms with Crippen molar-refractivity contribution in [2.75, 3.05) is 11.9 Å². The minimum atomic E-state index is -0.553. The highest BCUT2D eigenvalue weighted by molar-refractivity contribution is 9.10. The van der Waals surface area contributed by atoms with Crippen LogP contribution in [0, 0.1) is 5.82 Å². The van der Waals surface area contributed by atoms with E-state index < -0.39 is 11.7 Å². The van der Waals surface area contributed by atoms with Crippen molar-refractivity contribution in [1.29, 1.82) is 0 Å². The molecule has 0 spiro atoms. The first-order chi connectivity index (χ1) is 9.26. The maximum absolute atomic E-state index is 13.5. The summed E-state index contributed by atoms with van der Waals surface area (Å²) < 4.78 is 19.4. The van der Waals surface area contributed by atoms with Crippen LogP contribution in [0.4, 0.5) is 14.9 Å². The largest absolute Gasteiger partial charge is 0.444 e. The third-order valence-electron chi connectivity index (χ3n) is 2.89. The Kier molecular flexibility index (Phi) is 4.22. The zero-order valence-electron chi connectivity index (χ0n) is 11.7. The summed E-state index contributed by atoms with van der Waals surface area (Å²) in [5, 5.41) is 6.00. The maximum atomic E-state index is 13.5. The van der Waals surface area contributed by atoms with E-state index in [0.717, 1.165) is 11.3 Å². The van der Waals surface area contributed by atoms with Gasteiger partial charge in [-0.3, -0.25) is 0 Å². The number of hydrogen-bond acceptors (Lipinski definition) is 3. The summed E-state index contributed by atoms with van der Waals surface area (Å²) in [6, 6.07) is 2.59. The molecule has 1 aromatic carbocycles. The number of amides is 1. The highest BCUT2D eigenvalue weighted by Gasteiger charge is 2.26. The van der Waals surface area contributed by atoms with E-state index in [-0.39, 0.29) is 11.9 Å². The molecular formula is C14H18BrFN2O2. The Morgan fingerprint density at radius 3 is 2.85 bits per heavy atom. The molecule has 0 fully saturated rings. The van der Waals surface area contributed by atoms with Crippen molar-refractivity contribution in [2.24, 2.45) is 0 Å². The Morgan fingerprint density at radius 2 is 2.20 bits per heavy atom. The molecule has 1 aliphatic heterocycles. The van der Waals surface area contributed by atoms with Crippen molar-refractivity contribution in [1.82, 2.24) is 5.32 Å². The molecular weight excluding hydrogens is 327 g/mol. The molecule has 1 heterocycles. The van der Waals surface area contributed by atoms with Crippen LogP contribution in [0.1, 0.15) is 38.8 Å². The van der Waals surface area contributed by atoms with Crippen LogP contribution >= 0.6 is 15.9 Å². The lowest BCUT2D eigenvalue weighted by molar-refractivity contribution is 0.0501. The molecule has 1 unspecified atom stereocenters. The van der Waals surface area contributed by atoms with Crippen molar-refractivity contribution in [3.8, 4) is 0 Å². The SMILES string of the molecule is CC(C)(C)OC(=O)NC1CCNc2c(Br)cc(F)cc21. The number of alkyl carbamates (subject to hydrolysis) is 1. The van der Waals surface area contributed by atoms with Gasteiger partial charge in [0.15, 0.2) is 0 Å². The second-order valence-corrected chi connectivity index (χ2v) is 6.62. The summed E-state index contributed by atoms with van der Waals surface area (Å²) in [6.45, 7) is 6.12. The second kappa shape index (κ2) is 5.60. The molecule has 0 radical (unpaired) electrons. The molecule has 2 N–H and O–H groups in total. The van der Waals surface area contributed by atoms with Crippen LogP contribution in [0.2, 0.25) is 0 Å². The van der Waals surface area contributed by atoms with E-state index in [0.29, 0.717) is 17.4 Å². The monoisotopic (exact) mass is 344 g/mol. The van der Waals surface area contributed by atoms with Gasteiger partial charge in [-0.15, -0.1) is 0 Å². The number of anilines is 1. The van der Waals surface area contributed by atoms with E-state index in [1.807, 2.05) is 0 Å². The Morgan fingerprint density at radius 1 is 1.50 bits per heavy atom. The fourth-order valence-electron chi connectivity index (χ4n) is 2.15. The lowest BCUT2D eigenvalue weighted by Crippen LogP contribution is -2.37. The van der Waals surface area contributed by atoms with Gasteiger partial charge in [-0.1, -0.05) is 0 Å². The Balaban J connectivity index is 2.19. The Bertz CT molecular complexity index is 529. The highest BCUT2D eigenvalue weighted by Crippen LogP contribution is 2.36. The fraction of sp³-hybridized carbons (Fsp3) is 0.500. The van der Waals surface area contributed by atoms with Crippen molar-refractivity contribution in [2.45, 2.75) is 38.8 Å². The molecule has 0 bridgehead atoms. The van der Waals surface area contributed by atoms with Gasteiger partial charge in [0.25, 0.3) is 0 Å². The number of benzene rings is 1. The molecule has 1 amide bonds. The molecule has 1 aromatic rings. The number of carbonyl (C=O) groups excluding carboxylic acids is 1. The third kappa shape index (κ3) is 3.62. The van der Waals surface area contributed by atoms with E-state index in [1.54, 1.807) is 20.8 Å². The number of carbonyl (C=O) groups is 1. The molecule has 4 nitrogen and oxygen atoms in total. The Hall–Kier alpha value is -1.30. The molecule has 1 aliphatic rings. The number of ether oxygens (including phenoxy) is 1. The molecule has 110 valence electrons. The van der Waals surface area contributed by atoms with Crippen molar-refractivity contribution in [3.63, 3.8) is 0 Å². The molecule has 1 atom stereocenters. The normalized spacial score (nSPS) is 17.9. The minimum Gasteiger partial charge on any atom is -0.444 e. The number of rotatable bonds is 1. The van der Waals surface area contributed by atoms with Crippen LogP contribution in [0.15, 0.2) is 16.6 Å². The van der Waals surface area contributed by atoms with Gasteiger partial charge in [-0.25, -0.2) is 9.18 Å². The first kappa shape index (κ1) is 15.1. The highest BCUT2D eigenvalue weighted by atomic mass is 79.9. The van der Waals surface area contributed by atoms with Crippen molar-refractivity contribution < 1.29 is 13.9 Å². The van der Waals surface area contributed by atoms with Crippen LogP contribution in [0.3, 0.4) is 0 Å². The summed E-state index contributed by atoms with van der Waals surface area (Å²) in [4.78, 5) is 11.8. The predicted octanol–water partition coefficient (Wildman–Crippen LogP) is 3.97. The quantitative estimate of drug-likeness (QED) is 0.810. The van der Waals surface area contributed by atoms with Gasteiger partial charge >= 0.3 is 6.09 Å². The zero-order chi connectivity index (χ0) is 14.9. The van der Waals surface area contributed by atoms with Crippen LogP contribution in [0.25, 0.3) is 0 Å². The van der Waals surface area contributed by atoms with E-state index in [2.05, 4.69) is 26.6 Å². The van der Waals surface area contributed by atoms with E-state index in [1.165, 1.54) is 12.1 Å². The van der Waals surface area contributed by atoms with Gasteiger partial charge in [0.05, 0.1) is 11.7 Å². The lowest BCUT2D eigenvalue weighted by Gasteiger charge is -2.29. The summed E-state index contributed by atoms with van der Waals surface area (Å²) >= 11 is 3.33. The van der Waals surface area contributed by atoms with Crippen LogP contribution < -0.4 is 10.6 Å². The zero-order valence-corrected chi connectivity index (χ0v) is 13.3.